The van der Waals surface area contributed by atoms with Crippen molar-refractivity contribution in [3.05, 3.63) is 78.1 Å². The van der Waals surface area contributed by atoms with Crippen molar-refractivity contribution in [2.45, 2.75) is 25.3 Å². The molecule has 2 heterocycles. The van der Waals surface area contributed by atoms with E-state index in [1.54, 1.807) is 31.3 Å². The van der Waals surface area contributed by atoms with Gasteiger partial charge in [0, 0.05) is 11.8 Å². The number of hydrogen-bond donors (Lipinski definition) is 0. The number of fused-ring (bicyclic) bond motifs is 1. The van der Waals surface area contributed by atoms with E-state index in [0.29, 0.717) is 28.7 Å². The fraction of sp³-hybridized carbons (Fsp3) is 0.208. The number of pyridine rings is 1. The van der Waals surface area contributed by atoms with Gasteiger partial charge in [-0.1, -0.05) is 36.5 Å². The largest absolute Gasteiger partial charge is 0.492 e. The molecule has 7 nitrogen and oxygen atoms in total. The lowest BCUT2D eigenvalue weighted by atomic mass is 10.2. The van der Waals surface area contributed by atoms with Crippen LogP contribution in [0.3, 0.4) is 0 Å². The summed E-state index contributed by atoms with van der Waals surface area (Å²) in [4.78, 5) is 24.4. The summed E-state index contributed by atoms with van der Waals surface area (Å²) in [6.45, 7) is 4.17. The fourth-order valence-corrected chi connectivity index (χ4v) is 5.23. The summed E-state index contributed by atoms with van der Waals surface area (Å²) in [5, 5.41) is 0.483. The molecule has 0 unspecified atom stereocenters. The van der Waals surface area contributed by atoms with Gasteiger partial charge in [0.25, 0.3) is 5.91 Å². The van der Waals surface area contributed by atoms with E-state index in [0.717, 1.165) is 4.70 Å². The summed E-state index contributed by atoms with van der Waals surface area (Å²) in [5.74, 6) is 0.255. The van der Waals surface area contributed by atoms with E-state index in [1.807, 2.05) is 37.3 Å². The van der Waals surface area contributed by atoms with Gasteiger partial charge in [-0.2, -0.15) is 0 Å². The van der Waals surface area contributed by atoms with Crippen LogP contribution in [0.4, 0.5) is 5.13 Å². The molecule has 0 saturated carbocycles. The summed E-state index contributed by atoms with van der Waals surface area (Å²) in [7, 11) is -3.45. The van der Waals surface area contributed by atoms with Crippen LogP contribution in [0.15, 0.2) is 71.8 Å². The number of carbonyl (C=O) groups is 1. The van der Waals surface area contributed by atoms with E-state index in [4.69, 9.17) is 9.72 Å². The fourth-order valence-electron chi connectivity index (χ4n) is 3.32. The highest BCUT2D eigenvalue weighted by Gasteiger charge is 2.24. The van der Waals surface area contributed by atoms with Crippen LogP contribution < -0.4 is 9.64 Å². The zero-order valence-electron chi connectivity index (χ0n) is 18.3. The van der Waals surface area contributed by atoms with E-state index >= 15 is 0 Å². The zero-order valence-corrected chi connectivity index (χ0v) is 19.9. The molecule has 33 heavy (non-hydrogen) atoms. The van der Waals surface area contributed by atoms with Crippen molar-refractivity contribution in [1.82, 2.24) is 9.97 Å². The highest BCUT2D eigenvalue weighted by molar-refractivity contribution is 7.91. The summed E-state index contributed by atoms with van der Waals surface area (Å²) < 4.78 is 31.3. The van der Waals surface area contributed by atoms with E-state index < -0.39 is 9.84 Å². The van der Waals surface area contributed by atoms with Crippen molar-refractivity contribution < 1.29 is 17.9 Å². The molecule has 0 aliphatic heterocycles. The Labute approximate surface area is 196 Å². The van der Waals surface area contributed by atoms with Crippen molar-refractivity contribution in [2.24, 2.45) is 0 Å². The standard InChI is InChI=1S/C24H23N3O4S2/c1-3-31-20-12-8-13-21-22(20)26-24(32-21)27(16-18-10-5-6-14-25-18)23(28)17-9-7-11-19(15-17)33(29,30)4-2/h5-15H,3-4,16H2,1-2H3. The molecule has 0 atom stereocenters. The van der Waals surface area contributed by atoms with E-state index in [9.17, 15) is 13.2 Å². The monoisotopic (exact) mass is 481 g/mol. The van der Waals surface area contributed by atoms with Gasteiger partial charge in [-0.05, 0) is 49.4 Å². The molecular formula is C24H23N3O4S2. The minimum absolute atomic E-state index is 0.0413. The smallest absolute Gasteiger partial charge is 0.260 e. The van der Waals surface area contributed by atoms with Crippen LogP contribution >= 0.6 is 11.3 Å². The number of carbonyl (C=O) groups excluding carboxylic acids is 1. The predicted molar refractivity (Wildman–Crippen MR) is 130 cm³/mol. The minimum atomic E-state index is -3.45. The predicted octanol–water partition coefficient (Wildman–Crippen LogP) is 4.73. The Kier molecular flexibility index (Phi) is 6.71. The Morgan fingerprint density at radius 2 is 1.88 bits per heavy atom. The number of anilines is 1. The highest BCUT2D eigenvalue weighted by atomic mass is 32.2. The number of rotatable bonds is 8. The molecule has 0 spiro atoms. The van der Waals surface area contributed by atoms with Crippen molar-refractivity contribution in [3.8, 4) is 5.75 Å². The number of nitrogens with zero attached hydrogens (tertiary/aromatic N) is 3. The van der Waals surface area contributed by atoms with Crippen LogP contribution in [-0.4, -0.2) is 36.7 Å². The molecular weight excluding hydrogens is 458 g/mol. The first kappa shape index (κ1) is 22.9. The SMILES string of the molecule is CCOc1cccc2sc(N(Cc3ccccn3)C(=O)c3cccc(S(=O)(=O)CC)c3)nc12. The number of hydrogen-bond acceptors (Lipinski definition) is 7. The minimum Gasteiger partial charge on any atom is -0.492 e. The summed E-state index contributed by atoms with van der Waals surface area (Å²) >= 11 is 1.37. The maximum atomic E-state index is 13.6. The van der Waals surface area contributed by atoms with E-state index in [1.165, 1.54) is 28.4 Å². The Morgan fingerprint density at radius 3 is 2.61 bits per heavy atom. The number of thiazole rings is 1. The third-order valence-corrected chi connectivity index (χ3v) is 7.79. The number of benzene rings is 2. The molecule has 0 aliphatic rings. The van der Waals surface area contributed by atoms with E-state index in [-0.39, 0.29) is 28.7 Å². The van der Waals surface area contributed by atoms with Gasteiger partial charge in [0.05, 0.1) is 34.2 Å². The number of ether oxygens (including phenoxy) is 1. The lowest BCUT2D eigenvalue weighted by Crippen LogP contribution is -2.30. The van der Waals surface area contributed by atoms with Gasteiger partial charge >= 0.3 is 0 Å². The van der Waals surface area contributed by atoms with Gasteiger partial charge in [-0.15, -0.1) is 0 Å². The van der Waals surface area contributed by atoms with Gasteiger partial charge in [0.1, 0.15) is 11.3 Å². The maximum absolute atomic E-state index is 13.6. The summed E-state index contributed by atoms with van der Waals surface area (Å²) in [6.07, 6.45) is 1.66. The van der Waals surface area contributed by atoms with Crippen LogP contribution in [0.25, 0.3) is 10.2 Å². The van der Waals surface area contributed by atoms with Crippen molar-refractivity contribution >= 4 is 42.4 Å². The van der Waals surface area contributed by atoms with Gasteiger partial charge in [-0.25, -0.2) is 13.4 Å². The average Bonchev–Trinajstić information content (AvgIpc) is 3.28. The van der Waals surface area contributed by atoms with Gasteiger partial charge in [-0.3, -0.25) is 14.7 Å². The number of aromatic nitrogens is 2. The second-order valence-electron chi connectivity index (χ2n) is 7.18. The molecule has 2 aromatic carbocycles. The summed E-state index contributed by atoms with van der Waals surface area (Å²) in [6, 6.07) is 17.3. The molecule has 2 aromatic heterocycles. The second-order valence-corrected chi connectivity index (χ2v) is 10.5. The van der Waals surface area contributed by atoms with E-state index in [2.05, 4.69) is 4.98 Å². The first-order chi connectivity index (χ1) is 15.9. The topological polar surface area (TPSA) is 89.5 Å². The Bertz CT molecular complexity index is 1390. The first-order valence-electron chi connectivity index (χ1n) is 10.5. The summed E-state index contributed by atoms with van der Waals surface area (Å²) in [5.41, 5.74) is 1.64. The maximum Gasteiger partial charge on any atom is 0.260 e. The van der Waals surface area contributed by atoms with Crippen LogP contribution in [0, 0.1) is 0 Å². The third-order valence-electron chi connectivity index (χ3n) is 5.01. The van der Waals surface area contributed by atoms with Gasteiger partial charge in [0.15, 0.2) is 15.0 Å². The van der Waals surface area contributed by atoms with Crippen molar-refractivity contribution in [2.75, 3.05) is 17.3 Å². The molecule has 0 N–H and O–H groups in total. The lowest BCUT2D eigenvalue weighted by molar-refractivity contribution is 0.0984. The van der Waals surface area contributed by atoms with Gasteiger partial charge < -0.3 is 4.74 Å². The highest BCUT2D eigenvalue weighted by Crippen LogP contribution is 2.35. The lowest BCUT2D eigenvalue weighted by Gasteiger charge is -2.20. The van der Waals surface area contributed by atoms with Crippen LogP contribution in [0.1, 0.15) is 29.9 Å². The molecule has 0 aliphatic carbocycles. The first-order valence-corrected chi connectivity index (χ1v) is 13.0. The quantitative estimate of drug-likeness (QED) is 0.361. The molecule has 4 rings (SSSR count). The van der Waals surface area contributed by atoms with Crippen LogP contribution in [0.2, 0.25) is 0 Å². The van der Waals surface area contributed by atoms with Crippen molar-refractivity contribution in [1.29, 1.82) is 0 Å². The average molecular weight is 482 g/mol. The number of amides is 1. The third kappa shape index (κ3) is 4.89. The normalized spacial score (nSPS) is 11.5. The Morgan fingerprint density at radius 1 is 1.06 bits per heavy atom. The molecule has 0 bridgehead atoms. The second kappa shape index (κ2) is 9.68. The number of para-hydroxylation sites is 1. The zero-order chi connectivity index (χ0) is 23.4. The van der Waals surface area contributed by atoms with Gasteiger partial charge in [0.2, 0.25) is 0 Å². The molecule has 0 radical (unpaired) electrons. The van der Waals surface area contributed by atoms with Crippen LogP contribution in [-0.2, 0) is 16.4 Å². The molecule has 0 saturated heterocycles. The Hall–Kier alpha value is -3.30. The molecule has 1 amide bonds. The molecule has 170 valence electrons. The molecule has 9 heteroatoms. The molecule has 0 fully saturated rings. The Balaban J connectivity index is 1.79. The van der Waals surface area contributed by atoms with Crippen LogP contribution in [0.5, 0.6) is 5.75 Å². The number of sulfone groups is 1. The molecule has 4 aromatic rings. The van der Waals surface area contributed by atoms with Crippen molar-refractivity contribution in [3.63, 3.8) is 0 Å².